The smallest absolute Gasteiger partial charge is 0.269 e. The molecule has 3 aromatic rings. The van der Waals surface area contributed by atoms with Gasteiger partial charge in [0.2, 0.25) is 11.8 Å². The standard InChI is InChI=1S/C29H30BrN3O5S/c1-3-20(2)31-28(35)25(17-21-10-5-4-6-11-21)32(18-22-12-9-13-23(30)16-22)27(34)19-33-29(36)24-14-7-8-15-26(24)39(33,37)38/h4-16,20,25H,3,17-19H2,1-2H3,(H,31,35). The molecule has 0 spiro atoms. The van der Waals surface area contributed by atoms with E-state index in [1.54, 1.807) is 6.07 Å². The Balaban J connectivity index is 1.72. The van der Waals surface area contributed by atoms with Crippen molar-refractivity contribution in [3.63, 3.8) is 0 Å². The zero-order valence-corrected chi connectivity index (χ0v) is 24.1. The Bertz CT molecular complexity index is 1480. The number of amides is 3. The summed E-state index contributed by atoms with van der Waals surface area (Å²) in [5, 5.41) is 2.97. The maximum atomic E-state index is 13.9. The van der Waals surface area contributed by atoms with Crippen LogP contribution in [0.5, 0.6) is 0 Å². The number of nitrogens with zero attached hydrogens (tertiary/aromatic N) is 2. The Labute approximate surface area is 237 Å². The Morgan fingerprint density at radius 3 is 2.31 bits per heavy atom. The van der Waals surface area contributed by atoms with Crippen molar-refractivity contribution in [1.29, 1.82) is 0 Å². The molecular formula is C29H30BrN3O5S. The SMILES string of the molecule is CCC(C)NC(=O)C(Cc1ccccc1)N(Cc1cccc(Br)c1)C(=O)CN1C(=O)c2ccccc2S1(=O)=O. The van der Waals surface area contributed by atoms with E-state index < -0.39 is 34.4 Å². The highest BCUT2D eigenvalue weighted by Crippen LogP contribution is 2.30. The van der Waals surface area contributed by atoms with Crippen molar-refractivity contribution < 1.29 is 22.8 Å². The molecular weight excluding hydrogens is 582 g/mol. The molecule has 10 heteroatoms. The van der Waals surface area contributed by atoms with Gasteiger partial charge in [0.1, 0.15) is 17.5 Å². The number of halogens is 1. The van der Waals surface area contributed by atoms with Gasteiger partial charge in [0, 0.05) is 23.5 Å². The minimum Gasteiger partial charge on any atom is -0.352 e. The lowest BCUT2D eigenvalue weighted by Crippen LogP contribution is -2.54. The zero-order chi connectivity index (χ0) is 28.2. The highest BCUT2D eigenvalue weighted by Gasteiger charge is 2.43. The molecule has 204 valence electrons. The first-order valence-corrected chi connectivity index (χ1v) is 14.9. The van der Waals surface area contributed by atoms with E-state index in [9.17, 15) is 22.8 Å². The third-order valence-corrected chi connectivity index (χ3v) is 8.99. The number of rotatable bonds is 10. The fourth-order valence-electron chi connectivity index (χ4n) is 4.43. The zero-order valence-electron chi connectivity index (χ0n) is 21.7. The van der Waals surface area contributed by atoms with Crippen molar-refractivity contribution >= 4 is 43.7 Å². The Morgan fingerprint density at radius 2 is 1.64 bits per heavy atom. The van der Waals surface area contributed by atoms with Gasteiger partial charge in [0.05, 0.1) is 5.56 Å². The van der Waals surface area contributed by atoms with Crippen LogP contribution >= 0.6 is 15.9 Å². The summed E-state index contributed by atoms with van der Waals surface area (Å²) in [7, 11) is -4.20. The average molecular weight is 613 g/mol. The summed E-state index contributed by atoms with van der Waals surface area (Å²) in [5.74, 6) is -1.76. The molecule has 1 heterocycles. The molecule has 3 aromatic carbocycles. The minimum atomic E-state index is -4.20. The van der Waals surface area contributed by atoms with Crippen molar-refractivity contribution in [3.05, 3.63) is 100 Å². The molecule has 0 fully saturated rings. The van der Waals surface area contributed by atoms with Gasteiger partial charge in [0.25, 0.3) is 15.9 Å². The van der Waals surface area contributed by atoms with E-state index >= 15 is 0 Å². The van der Waals surface area contributed by atoms with Crippen molar-refractivity contribution in [2.24, 2.45) is 0 Å². The highest BCUT2D eigenvalue weighted by molar-refractivity contribution is 9.10. The second-order valence-corrected chi connectivity index (χ2v) is 12.2. The molecule has 0 saturated heterocycles. The molecule has 3 amide bonds. The number of hydrogen-bond acceptors (Lipinski definition) is 5. The summed E-state index contributed by atoms with van der Waals surface area (Å²) in [5.41, 5.74) is 1.61. The first-order valence-electron chi connectivity index (χ1n) is 12.7. The van der Waals surface area contributed by atoms with Gasteiger partial charge in [-0.05, 0) is 48.7 Å². The maximum absolute atomic E-state index is 13.9. The van der Waals surface area contributed by atoms with Crippen LogP contribution in [0.4, 0.5) is 0 Å². The fraction of sp³-hybridized carbons (Fsp3) is 0.276. The van der Waals surface area contributed by atoms with Crippen LogP contribution in [0.15, 0.2) is 88.2 Å². The van der Waals surface area contributed by atoms with Crippen LogP contribution in [0.25, 0.3) is 0 Å². The summed E-state index contributed by atoms with van der Waals surface area (Å²) in [6, 6.07) is 21.4. The fourth-order valence-corrected chi connectivity index (χ4v) is 6.39. The van der Waals surface area contributed by atoms with Crippen molar-refractivity contribution in [1.82, 2.24) is 14.5 Å². The van der Waals surface area contributed by atoms with E-state index in [1.807, 2.05) is 68.4 Å². The number of nitrogens with one attached hydrogen (secondary N) is 1. The predicted molar refractivity (Wildman–Crippen MR) is 151 cm³/mol. The van der Waals surface area contributed by atoms with E-state index in [-0.39, 0.29) is 35.4 Å². The molecule has 0 aromatic heterocycles. The van der Waals surface area contributed by atoms with Gasteiger partial charge < -0.3 is 10.2 Å². The molecule has 0 saturated carbocycles. The van der Waals surface area contributed by atoms with Crippen LogP contribution in [-0.2, 0) is 32.6 Å². The molecule has 0 bridgehead atoms. The summed E-state index contributed by atoms with van der Waals surface area (Å²) in [6.07, 6.45) is 0.909. The lowest BCUT2D eigenvalue weighted by atomic mass is 10.0. The summed E-state index contributed by atoms with van der Waals surface area (Å²) >= 11 is 3.45. The molecule has 0 aliphatic carbocycles. The number of fused-ring (bicyclic) bond motifs is 1. The van der Waals surface area contributed by atoms with Crippen LogP contribution in [-0.4, -0.2) is 54.0 Å². The third kappa shape index (κ3) is 6.39. The van der Waals surface area contributed by atoms with Gasteiger partial charge in [-0.15, -0.1) is 0 Å². The number of benzene rings is 3. The molecule has 2 atom stereocenters. The number of carbonyl (C=O) groups is 3. The molecule has 1 N–H and O–H groups in total. The van der Waals surface area contributed by atoms with E-state index in [0.717, 1.165) is 15.6 Å². The summed E-state index contributed by atoms with van der Waals surface area (Å²) in [6.45, 7) is 3.15. The number of sulfonamides is 1. The molecule has 1 aliphatic rings. The van der Waals surface area contributed by atoms with E-state index in [2.05, 4.69) is 21.2 Å². The monoisotopic (exact) mass is 611 g/mol. The summed E-state index contributed by atoms with van der Waals surface area (Å²) < 4.78 is 27.8. The second kappa shape index (κ2) is 12.1. The van der Waals surface area contributed by atoms with Gasteiger partial charge in [-0.2, -0.15) is 0 Å². The van der Waals surface area contributed by atoms with Gasteiger partial charge in [-0.25, -0.2) is 12.7 Å². The lowest BCUT2D eigenvalue weighted by Gasteiger charge is -2.33. The molecule has 2 unspecified atom stereocenters. The minimum absolute atomic E-state index is 0.0270. The van der Waals surface area contributed by atoms with E-state index in [4.69, 9.17) is 0 Å². The van der Waals surface area contributed by atoms with Crippen LogP contribution in [0.3, 0.4) is 0 Å². The number of carbonyl (C=O) groups excluding carboxylic acids is 3. The van der Waals surface area contributed by atoms with Crippen molar-refractivity contribution in [2.75, 3.05) is 6.54 Å². The van der Waals surface area contributed by atoms with Gasteiger partial charge in [0.15, 0.2) is 0 Å². The van der Waals surface area contributed by atoms with Crippen LogP contribution in [0.2, 0.25) is 0 Å². The Morgan fingerprint density at radius 1 is 0.974 bits per heavy atom. The van der Waals surface area contributed by atoms with Crippen molar-refractivity contribution in [3.8, 4) is 0 Å². The quantitative estimate of drug-likeness (QED) is 0.371. The average Bonchev–Trinajstić information content (AvgIpc) is 3.11. The summed E-state index contributed by atoms with van der Waals surface area (Å²) in [4.78, 5) is 41.8. The van der Waals surface area contributed by atoms with Crippen LogP contribution in [0.1, 0.15) is 41.8 Å². The molecule has 8 nitrogen and oxygen atoms in total. The van der Waals surface area contributed by atoms with E-state index in [0.29, 0.717) is 10.7 Å². The largest absolute Gasteiger partial charge is 0.352 e. The third-order valence-electron chi connectivity index (χ3n) is 6.70. The van der Waals surface area contributed by atoms with Crippen molar-refractivity contribution in [2.45, 2.75) is 50.2 Å². The maximum Gasteiger partial charge on any atom is 0.269 e. The molecule has 4 rings (SSSR count). The van der Waals surface area contributed by atoms with Crippen LogP contribution in [0, 0.1) is 0 Å². The topological polar surface area (TPSA) is 104 Å². The normalized spacial score (nSPS) is 15.4. The highest BCUT2D eigenvalue weighted by atomic mass is 79.9. The van der Waals surface area contributed by atoms with Gasteiger partial charge in [-0.1, -0.05) is 77.5 Å². The predicted octanol–water partition coefficient (Wildman–Crippen LogP) is 4.15. The van der Waals surface area contributed by atoms with Gasteiger partial charge in [-0.3, -0.25) is 14.4 Å². The first kappa shape index (κ1) is 28.5. The molecule has 39 heavy (non-hydrogen) atoms. The second-order valence-electron chi connectivity index (χ2n) is 9.49. The van der Waals surface area contributed by atoms with E-state index in [1.165, 1.54) is 23.1 Å². The number of hydrogen-bond donors (Lipinski definition) is 1. The Hall–Kier alpha value is -3.50. The van der Waals surface area contributed by atoms with Crippen LogP contribution < -0.4 is 5.32 Å². The molecule has 1 aliphatic heterocycles. The Kier molecular flexibility index (Phi) is 8.87. The molecule has 0 radical (unpaired) electrons. The lowest BCUT2D eigenvalue weighted by molar-refractivity contribution is -0.141. The first-order chi connectivity index (χ1) is 18.6. The van der Waals surface area contributed by atoms with Gasteiger partial charge >= 0.3 is 0 Å².